The Morgan fingerprint density at radius 3 is 2.12 bits per heavy atom. The molecule has 1 heterocycles. The maximum atomic E-state index is 12.6. The van der Waals surface area contributed by atoms with Gasteiger partial charge in [-0.25, -0.2) is 0 Å². The van der Waals surface area contributed by atoms with Gasteiger partial charge in [0, 0.05) is 31.2 Å². The predicted molar refractivity (Wildman–Crippen MR) is 102 cm³/mol. The van der Waals surface area contributed by atoms with Crippen LogP contribution in [0, 0.1) is 0 Å². The molecule has 1 saturated heterocycles. The number of rotatable bonds is 4. The molecule has 1 aliphatic rings. The van der Waals surface area contributed by atoms with E-state index in [1.807, 2.05) is 42.5 Å². The number of hydrogen-bond acceptors (Lipinski definition) is 3. The Labute approximate surface area is 158 Å². The molecular formula is C20H22ClN3O2. The Bertz CT molecular complexity index is 756. The van der Waals surface area contributed by atoms with Crippen molar-refractivity contribution in [2.75, 3.05) is 26.2 Å². The number of carbonyl (C=O) groups is 2. The maximum absolute atomic E-state index is 12.6. The number of hydrogen-bond donors (Lipinski definition) is 1. The molecule has 1 aliphatic heterocycles. The van der Waals surface area contributed by atoms with Crippen molar-refractivity contribution in [1.82, 2.24) is 9.80 Å². The number of piperazine rings is 1. The molecule has 0 aromatic heterocycles. The monoisotopic (exact) mass is 371 g/mol. The van der Waals surface area contributed by atoms with Gasteiger partial charge in [-0.1, -0.05) is 54.1 Å². The number of amides is 2. The highest BCUT2D eigenvalue weighted by molar-refractivity contribution is 6.30. The number of benzene rings is 2. The van der Waals surface area contributed by atoms with Gasteiger partial charge >= 0.3 is 0 Å². The zero-order valence-electron chi connectivity index (χ0n) is 14.5. The lowest BCUT2D eigenvalue weighted by Gasteiger charge is -2.36. The summed E-state index contributed by atoms with van der Waals surface area (Å²) in [4.78, 5) is 28.6. The molecule has 136 valence electrons. The summed E-state index contributed by atoms with van der Waals surface area (Å²) in [5, 5.41) is 0.656. The SMILES string of the molecule is NC(C(=O)N1CCN(C(=O)Cc2ccc(Cl)cc2)CC1)c1ccccc1. The van der Waals surface area contributed by atoms with E-state index in [4.69, 9.17) is 17.3 Å². The fourth-order valence-electron chi connectivity index (χ4n) is 3.06. The maximum Gasteiger partial charge on any atom is 0.244 e. The van der Waals surface area contributed by atoms with Crippen molar-refractivity contribution in [2.45, 2.75) is 12.5 Å². The Hall–Kier alpha value is -2.37. The van der Waals surface area contributed by atoms with Crippen LogP contribution in [0.1, 0.15) is 17.2 Å². The summed E-state index contributed by atoms with van der Waals surface area (Å²) in [6.45, 7) is 2.07. The summed E-state index contributed by atoms with van der Waals surface area (Å²) < 4.78 is 0. The van der Waals surface area contributed by atoms with Crippen LogP contribution in [-0.4, -0.2) is 47.8 Å². The molecule has 2 aromatic carbocycles. The number of nitrogens with two attached hydrogens (primary N) is 1. The Kier molecular flexibility index (Phi) is 5.91. The van der Waals surface area contributed by atoms with Gasteiger partial charge in [0.2, 0.25) is 11.8 Å². The minimum absolute atomic E-state index is 0.0618. The molecule has 1 atom stereocenters. The van der Waals surface area contributed by atoms with Crippen LogP contribution in [0.5, 0.6) is 0 Å². The first kappa shape index (κ1) is 18.4. The Morgan fingerprint density at radius 1 is 0.923 bits per heavy atom. The quantitative estimate of drug-likeness (QED) is 0.896. The van der Waals surface area contributed by atoms with Crippen molar-refractivity contribution in [3.05, 3.63) is 70.7 Å². The van der Waals surface area contributed by atoms with Gasteiger partial charge in [-0.3, -0.25) is 9.59 Å². The van der Waals surface area contributed by atoms with E-state index < -0.39 is 6.04 Å². The molecule has 0 spiro atoms. The Balaban J connectivity index is 1.52. The van der Waals surface area contributed by atoms with Gasteiger partial charge in [0.25, 0.3) is 0 Å². The zero-order chi connectivity index (χ0) is 18.5. The summed E-state index contributed by atoms with van der Waals surface area (Å²) >= 11 is 5.87. The smallest absolute Gasteiger partial charge is 0.244 e. The lowest BCUT2D eigenvalue weighted by atomic mass is 10.1. The minimum atomic E-state index is -0.660. The topological polar surface area (TPSA) is 66.6 Å². The van der Waals surface area contributed by atoms with Gasteiger partial charge in [0.15, 0.2) is 0 Å². The van der Waals surface area contributed by atoms with E-state index >= 15 is 0 Å². The van der Waals surface area contributed by atoms with Gasteiger partial charge in [-0.15, -0.1) is 0 Å². The summed E-state index contributed by atoms with van der Waals surface area (Å²) in [5.41, 5.74) is 7.83. The molecular weight excluding hydrogens is 350 g/mol. The van der Waals surface area contributed by atoms with Crippen molar-refractivity contribution in [3.63, 3.8) is 0 Å². The molecule has 26 heavy (non-hydrogen) atoms. The first-order valence-electron chi connectivity index (χ1n) is 8.66. The van der Waals surface area contributed by atoms with Crippen LogP contribution in [0.15, 0.2) is 54.6 Å². The molecule has 0 radical (unpaired) electrons. The molecule has 0 aliphatic carbocycles. The lowest BCUT2D eigenvalue weighted by molar-refractivity contribution is -0.140. The van der Waals surface area contributed by atoms with Crippen LogP contribution < -0.4 is 5.73 Å². The van der Waals surface area contributed by atoms with Crippen LogP contribution in [0.4, 0.5) is 0 Å². The minimum Gasteiger partial charge on any atom is -0.339 e. The van der Waals surface area contributed by atoms with Crippen LogP contribution in [0.3, 0.4) is 0 Å². The number of carbonyl (C=O) groups excluding carboxylic acids is 2. The molecule has 2 aromatic rings. The average molecular weight is 372 g/mol. The largest absolute Gasteiger partial charge is 0.339 e. The third-order valence-electron chi connectivity index (χ3n) is 4.64. The van der Waals surface area contributed by atoms with E-state index in [0.29, 0.717) is 37.6 Å². The third kappa shape index (κ3) is 4.42. The van der Waals surface area contributed by atoms with E-state index in [2.05, 4.69) is 0 Å². The Morgan fingerprint density at radius 2 is 1.50 bits per heavy atom. The fraction of sp³-hybridized carbons (Fsp3) is 0.300. The van der Waals surface area contributed by atoms with Crippen LogP contribution >= 0.6 is 11.6 Å². The second-order valence-electron chi connectivity index (χ2n) is 6.40. The summed E-state index contributed by atoms with van der Waals surface area (Å²) in [5.74, 6) is -0.0345. The molecule has 2 N–H and O–H groups in total. The van der Waals surface area contributed by atoms with E-state index in [0.717, 1.165) is 11.1 Å². The predicted octanol–water partition coefficient (Wildman–Crippen LogP) is 2.25. The first-order valence-corrected chi connectivity index (χ1v) is 9.04. The number of halogens is 1. The third-order valence-corrected chi connectivity index (χ3v) is 4.89. The molecule has 1 fully saturated rings. The highest BCUT2D eigenvalue weighted by atomic mass is 35.5. The first-order chi connectivity index (χ1) is 12.5. The van der Waals surface area contributed by atoms with Gasteiger partial charge < -0.3 is 15.5 Å². The summed E-state index contributed by atoms with van der Waals surface area (Å²) in [6.07, 6.45) is 0.342. The van der Waals surface area contributed by atoms with Gasteiger partial charge in [-0.05, 0) is 23.3 Å². The molecule has 6 heteroatoms. The second-order valence-corrected chi connectivity index (χ2v) is 6.83. The molecule has 1 unspecified atom stereocenters. The van der Waals surface area contributed by atoms with Crippen LogP contribution in [0.25, 0.3) is 0 Å². The van der Waals surface area contributed by atoms with Gasteiger partial charge in [0.05, 0.1) is 6.42 Å². The fourth-order valence-corrected chi connectivity index (χ4v) is 3.19. The van der Waals surface area contributed by atoms with Crippen LogP contribution in [0.2, 0.25) is 5.02 Å². The van der Waals surface area contributed by atoms with E-state index in [9.17, 15) is 9.59 Å². The highest BCUT2D eigenvalue weighted by Crippen LogP contribution is 2.15. The van der Waals surface area contributed by atoms with Crippen molar-refractivity contribution in [2.24, 2.45) is 5.73 Å². The molecule has 2 amide bonds. The lowest BCUT2D eigenvalue weighted by Crippen LogP contribution is -2.52. The second kappa shape index (κ2) is 8.34. The molecule has 0 bridgehead atoms. The van der Waals surface area contributed by atoms with Gasteiger partial charge in [0.1, 0.15) is 6.04 Å². The molecule has 3 rings (SSSR count). The van der Waals surface area contributed by atoms with Crippen molar-refractivity contribution in [1.29, 1.82) is 0 Å². The van der Waals surface area contributed by atoms with Crippen molar-refractivity contribution in [3.8, 4) is 0 Å². The zero-order valence-corrected chi connectivity index (χ0v) is 15.2. The van der Waals surface area contributed by atoms with E-state index in [-0.39, 0.29) is 11.8 Å². The van der Waals surface area contributed by atoms with Crippen molar-refractivity contribution >= 4 is 23.4 Å². The van der Waals surface area contributed by atoms with E-state index in [1.165, 1.54) is 0 Å². The average Bonchev–Trinajstić information content (AvgIpc) is 2.69. The molecule has 5 nitrogen and oxygen atoms in total. The summed E-state index contributed by atoms with van der Waals surface area (Å²) in [7, 11) is 0. The highest BCUT2D eigenvalue weighted by Gasteiger charge is 2.27. The van der Waals surface area contributed by atoms with Gasteiger partial charge in [-0.2, -0.15) is 0 Å². The number of nitrogens with zero attached hydrogens (tertiary/aromatic N) is 2. The van der Waals surface area contributed by atoms with Crippen molar-refractivity contribution < 1.29 is 9.59 Å². The van der Waals surface area contributed by atoms with Crippen LogP contribution in [-0.2, 0) is 16.0 Å². The normalized spacial score (nSPS) is 15.6. The summed E-state index contributed by atoms with van der Waals surface area (Å²) in [6, 6.07) is 16.0. The standard InChI is InChI=1S/C20H22ClN3O2/c21-17-8-6-15(7-9-17)14-18(25)23-10-12-24(13-11-23)20(26)19(22)16-4-2-1-3-5-16/h1-9,19H,10-14,22H2. The molecule has 0 saturated carbocycles. The van der Waals surface area contributed by atoms with E-state index in [1.54, 1.807) is 21.9 Å².